The Morgan fingerprint density at radius 2 is 2.23 bits per heavy atom. The van der Waals surface area contributed by atoms with Crippen molar-refractivity contribution < 1.29 is 0 Å². The summed E-state index contributed by atoms with van der Waals surface area (Å²) in [6, 6.07) is 0. The van der Waals surface area contributed by atoms with Crippen LogP contribution in [-0.4, -0.2) is 30.0 Å². The van der Waals surface area contributed by atoms with E-state index in [1.807, 2.05) is 7.05 Å². The van der Waals surface area contributed by atoms with Crippen molar-refractivity contribution in [3.63, 3.8) is 0 Å². The number of rotatable bonds is 4. The largest absolute Gasteiger partial charge is 0.370 e. The van der Waals surface area contributed by atoms with Gasteiger partial charge in [-0.15, -0.1) is 0 Å². The van der Waals surface area contributed by atoms with Crippen LogP contribution in [0.5, 0.6) is 0 Å². The number of aliphatic imine (C=N–C) groups is 1. The van der Waals surface area contributed by atoms with E-state index in [0.29, 0.717) is 5.96 Å². The average Bonchev–Trinajstić information content (AvgIpc) is 2.35. The second kappa shape index (κ2) is 3.99. The lowest BCUT2D eigenvalue weighted by Gasteiger charge is -2.33. The van der Waals surface area contributed by atoms with E-state index in [9.17, 15) is 0 Å². The number of guanidine groups is 1. The third-order valence-corrected chi connectivity index (χ3v) is 3.05. The van der Waals surface area contributed by atoms with Crippen molar-refractivity contribution in [1.29, 1.82) is 0 Å². The van der Waals surface area contributed by atoms with Gasteiger partial charge in [0.05, 0.1) is 12.1 Å². The van der Waals surface area contributed by atoms with Gasteiger partial charge >= 0.3 is 0 Å². The second-order valence-corrected chi connectivity index (χ2v) is 4.19. The predicted octanol–water partition coefficient (Wildman–Crippen LogP) is 1.59. The first-order valence-corrected chi connectivity index (χ1v) is 5.14. The van der Waals surface area contributed by atoms with Crippen LogP contribution in [0.2, 0.25) is 0 Å². The van der Waals surface area contributed by atoms with Gasteiger partial charge in [-0.3, -0.25) is 4.99 Å². The van der Waals surface area contributed by atoms with Gasteiger partial charge < -0.3 is 10.6 Å². The molecule has 0 aliphatic carbocycles. The number of likely N-dealkylation sites (N-methyl/N-ethyl adjacent to an activating group) is 1. The lowest BCUT2D eigenvalue weighted by molar-refractivity contribution is 0.237. The van der Waals surface area contributed by atoms with Crippen LogP contribution in [0.25, 0.3) is 0 Å². The molecule has 0 aromatic rings. The molecule has 0 fully saturated rings. The van der Waals surface area contributed by atoms with E-state index < -0.39 is 0 Å². The highest BCUT2D eigenvalue weighted by molar-refractivity contribution is 5.80. The Morgan fingerprint density at radius 3 is 2.69 bits per heavy atom. The molecule has 13 heavy (non-hydrogen) atoms. The molecule has 3 heteroatoms. The second-order valence-electron chi connectivity index (χ2n) is 4.19. The SMILES string of the molecule is CCCCCC1(C)CN=C(N)N1C. The number of nitrogens with zero attached hydrogens (tertiary/aromatic N) is 2. The van der Waals surface area contributed by atoms with Crippen molar-refractivity contribution in [2.45, 2.75) is 45.1 Å². The minimum Gasteiger partial charge on any atom is -0.370 e. The minimum absolute atomic E-state index is 0.180. The van der Waals surface area contributed by atoms with Crippen molar-refractivity contribution in [2.24, 2.45) is 10.7 Å². The van der Waals surface area contributed by atoms with Crippen molar-refractivity contribution >= 4 is 5.96 Å². The lowest BCUT2D eigenvalue weighted by Crippen LogP contribution is -2.46. The predicted molar refractivity (Wildman–Crippen MR) is 56.8 cm³/mol. The number of unbranched alkanes of at least 4 members (excludes halogenated alkanes) is 2. The van der Waals surface area contributed by atoms with Crippen LogP contribution >= 0.6 is 0 Å². The molecule has 76 valence electrons. The minimum atomic E-state index is 0.180. The van der Waals surface area contributed by atoms with Crippen LogP contribution < -0.4 is 5.73 Å². The van der Waals surface area contributed by atoms with Crippen molar-refractivity contribution in [2.75, 3.05) is 13.6 Å². The molecule has 0 saturated carbocycles. The summed E-state index contributed by atoms with van der Waals surface area (Å²) in [5.41, 5.74) is 5.91. The van der Waals surface area contributed by atoms with Crippen LogP contribution in [0.15, 0.2) is 4.99 Å². The quantitative estimate of drug-likeness (QED) is 0.672. The van der Waals surface area contributed by atoms with Gasteiger partial charge in [0.25, 0.3) is 0 Å². The van der Waals surface area contributed by atoms with Crippen LogP contribution in [0, 0.1) is 0 Å². The topological polar surface area (TPSA) is 41.6 Å². The van der Waals surface area contributed by atoms with E-state index in [4.69, 9.17) is 5.73 Å². The van der Waals surface area contributed by atoms with Gasteiger partial charge in [0, 0.05) is 7.05 Å². The maximum Gasteiger partial charge on any atom is 0.191 e. The van der Waals surface area contributed by atoms with E-state index in [1.165, 1.54) is 25.7 Å². The average molecular weight is 183 g/mol. The van der Waals surface area contributed by atoms with E-state index in [2.05, 4.69) is 23.7 Å². The fourth-order valence-electron chi connectivity index (χ4n) is 1.74. The third kappa shape index (κ3) is 2.14. The van der Waals surface area contributed by atoms with Crippen molar-refractivity contribution in [1.82, 2.24) is 4.90 Å². The first-order valence-electron chi connectivity index (χ1n) is 5.14. The molecule has 0 aromatic carbocycles. The molecular weight excluding hydrogens is 162 g/mol. The van der Waals surface area contributed by atoms with Crippen molar-refractivity contribution in [3.8, 4) is 0 Å². The molecule has 1 unspecified atom stereocenters. The van der Waals surface area contributed by atoms with E-state index in [-0.39, 0.29) is 5.54 Å². The molecule has 0 spiro atoms. The molecule has 1 aliphatic heterocycles. The van der Waals surface area contributed by atoms with E-state index in [0.717, 1.165) is 6.54 Å². The third-order valence-electron chi connectivity index (χ3n) is 3.05. The zero-order valence-corrected chi connectivity index (χ0v) is 9.01. The van der Waals surface area contributed by atoms with Gasteiger partial charge in [-0.1, -0.05) is 26.2 Å². The molecule has 0 saturated heterocycles. The van der Waals surface area contributed by atoms with Crippen LogP contribution in [0.4, 0.5) is 0 Å². The Morgan fingerprint density at radius 1 is 1.54 bits per heavy atom. The highest BCUT2D eigenvalue weighted by Gasteiger charge is 2.34. The first kappa shape index (κ1) is 10.4. The molecule has 2 N–H and O–H groups in total. The zero-order valence-electron chi connectivity index (χ0n) is 9.01. The molecule has 3 nitrogen and oxygen atoms in total. The number of hydrogen-bond donors (Lipinski definition) is 1. The maximum atomic E-state index is 5.73. The van der Waals surface area contributed by atoms with Gasteiger partial charge in [-0.05, 0) is 13.3 Å². The smallest absolute Gasteiger partial charge is 0.191 e. The normalized spacial score (nSPS) is 27.9. The molecule has 0 radical (unpaired) electrons. The van der Waals surface area contributed by atoms with Crippen molar-refractivity contribution in [3.05, 3.63) is 0 Å². The molecule has 1 aliphatic rings. The molecule has 1 atom stereocenters. The summed E-state index contributed by atoms with van der Waals surface area (Å²) in [5, 5.41) is 0. The Bertz CT molecular complexity index is 200. The standard InChI is InChI=1S/C10H21N3/c1-4-5-6-7-10(2)8-12-9(11)13(10)3/h4-8H2,1-3H3,(H2,11,12). The van der Waals surface area contributed by atoms with Crippen LogP contribution in [0.3, 0.4) is 0 Å². The summed E-state index contributed by atoms with van der Waals surface area (Å²) in [6.45, 7) is 5.33. The number of nitrogens with two attached hydrogens (primary N) is 1. The Balaban J connectivity index is 2.40. The first-order chi connectivity index (χ1) is 6.10. The maximum absolute atomic E-state index is 5.73. The summed E-state index contributed by atoms with van der Waals surface area (Å²) < 4.78 is 0. The van der Waals surface area contributed by atoms with Gasteiger partial charge in [0.1, 0.15) is 0 Å². The van der Waals surface area contributed by atoms with Crippen LogP contribution in [0.1, 0.15) is 39.5 Å². The Hall–Kier alpha value is -0.730. The summed E-state index contributed by atoms with van der Waals surface area (Å²) in [4.78, 5) is 6.38. The summed E-state index contributed by atoms with van der Waals surface area (Å²) in [7, 11) is 2.04. The Labute approximate surface area is 81.0 Å². The molecule has 1 rings (SSSR count). The van der Waals surface area contributed by atoms with Gasteiger partial charge in [-0.25, -0.2) is 0 Å². The summed E-state index contributed by atoms with van der Waals surface area (Å²) >= 11 is 0. The number of hydrogen-bond acceptors (Lipinski definition) is 3. The molecule has 0 amide bonds. The van der Waals surface area contributed by atoms with Gasteiger partial charge in [-0.2, -0.15) is 0 Å². The molecule has 0 aromatic heterocycles. The molecule has 1 heterocycles. The lowest BCUT2D eigenvalue weighted by atomic mass is 9.94. The highest BCUT2D eigenvalue weighted by Crippen LogP contribution is 2.25. The van der Waals surface area contributed by atoms with E-state index in [1.54, 1.807) is 0 Å². The highest BCUT2D eigenvalue weighted by atomic mass is 15.3. The van der Waals surface area contributed by atoms with E-state index >= 15 is 0 Å². The van der Waals surface area contributed by atoms with Gasteiger partial charge in [0.2, 0.25) is 0 Å². The fraction of sp³-hybridized carbons (Fsp3) is 0.900. The monoisotopic (exact) mass is 183 g/mol. The molecular formula is C10H21N3. The van der Waals surface area contributed by atoms with Crippen LogP contribution in [-0.2, 0) is 0 Å². The zero-order chi connectivity index (χ0) is 9.90. The fourth-order valence-corrected chi connectivity index (χ4v) is 1.74. The Kier molecular flexibility index (Phi) is 3.17. The summed E-state index contributed by atoms with van der Waals surface area (Å²) in [5.74, 6) is 0.694. The molecule has 0 bridgehead atoms. The summed E-state index contributed by atoms with van der Waals surface area (Å²) in [6.07, 6.45) is 5.06. The van der Waals surface area contributed by atoms with Gasteiger partial charge in [0.15, 0.2) is 5.96 Å².